The summed E-state index contributed by atoms with van der Waals surface area (Å²) in [6, 6.07) is 3.13. The third-order valence-corrected chi connectivity index (χ3v) is 3.12. The summed E-state index contributed by atoms with van der Waals surface area (Å²) >= 11 is 7.82. The van der Waals surface area contributed by atoms with Crippen LogP contribution in [0.3, 0.4) is 0 Å². The first-order valence-corrected chi connectivity index (χ1v) is 4.97. The van der Waals surface area contributed by atoms with Crippen molar-refractivity contribution in [1.82, 2.24) is 0 Å². The van der Waals surface area contributed by atoms with Crippen molar-refractivity contribution in [1.29, 1.82) is 0 Å². The monoisotopic (exact) mass is 308 g/mol. The van der Waals surface area contributed by atoms with Gasteiger partial charge in [0.1, 0.15) is 0 Å². The van der Waals surface area contributed by atoms with E-state index in [0.717, 1.165) is 3.57 Å². The first-order chi connectivity index (χ1) is 6.06. The van der Waals surface area contributed by atoms with Crippen LogP contribution < -0.4 is 0 Å². The van der Waals surface area contributed by atoms with Crippen LogP contribution >= 0.6 is 34.2 Å². The molecule has 13 heavy (non-hydrogen) atoms. The molecular weight excluding hydrogens is 302 g/mol. The average molecular weight is 309 g/mol. The minimum absolute atomic E-state index is 0.152. The van der Waals surface area contributed by atoms with Crippen LogP contribution in [0.4, 0.5) is 0 Å². The molecule has 0 aliphatic carbocycles. The van der Waals surface area contributed by atoms with E-state index in [0.29, 0.717) is 22.4 Å². The van der Waals surface area contributed by atoms with E-state index >= 15 is 0 Å². The molecule has 0 bridgehead atoms. The molecule has 68 valence electrons. The van der Waals surface area contributed by atoms with Gasteiger partial charge < -0.3 is 0 Å². The van der Waals surface area contributed by atoms with Gasteiger partial charge in [0.15, 0.2) is 12.1 Å². The molecule has 1 aromatic carbocycles. The molecule has 0 aliphatic heterocycles. The molecule has 4 heteroatoms. The summed E-state index contributed by atoms with van der Waals surface area (Å²) in [5.74, 6) is -0.152. The molecule has 0 N–H and O–H groups in total. The van der Waals surface area contributed by atoms with Gasteiger partial charge >= 0.3 is 0 Å². The standard InChI is InChI=1S/C9H6ClIO2/c1-5(13)7-3-8(10)9(11)2-6(7)4-12/h2-4H,1H3. The minimum Gasteiger partial charge on any atom is -0.298 e. The smallest absolute Gasteiger partial charge is 0.160 e. The van der Waals surface area contributed by atoms with Gasteiger partial charge in [-0.3, -0.25) is 9.59 Å². The Bertz CT molecular complexity index is 374. The van der Waals surface area contributed by atoms with Crippen molar-refractivity contribution in [3.8, 4) is 0 Å². The van der Waals surface area contributed by atoms with Gasteiger partial charge in [-0.05, 0) is 41.6 Å². The molecule has 0 spiro atoms. The van der Waals surface area contributed by atoms with E-state index in [4.69, 9.17) is 11.6 Å². The molecule has 1 rings (SSSR count). The second-order valence-electron chi connectivity index (χ2n) is 2.53. The second-order valence-corrected chi connectivity index (χ2v) is 4.10. The number of benzene rings is 1. The Labute approximate surface area is 94.4 Å². The Morgan fingerprint density at radius 1 is 1.54 bits per heavy atom. The molecule has 0 heterocycles. The Morgan fingerprint density at radius 2 is 2.15 bits per heavy atom. The maximum absolute atomic E-state index is 11.1. The largest absolute Gasteiger partial charge is 0.298 e. The minimum atomic E-state index is -0.152. The Hall–Kier alpha value is -0.420. The summed E-state index contributed by atoms with van der Waals surface area (Å²) in [6.07, 6.45) is 0.662. The highest BCUT2D eigenvalue weighted by Crippen LogP contribution is 2.22. The van der Waals surface area contributed by atoms with Gasteiger partial charge in [0.05, 0.1) is 5.02 Å². The number of Topliss-reactive ketones (excluding diaryl/α,β-unsaturated/α-hetero) is 1. The normalized spacial score (nSPS) is 9.77. The summed E-state index contributed by atoms with van der Waals surface area (Å²) in [5.41, 5.74) is 0.765. The van der Waals surface area contributed by atoms with Gasteiger partial charge in [-0.2, -0.15) is 0 Å². The lowest BCUT2D eigenvalue weighted by Gasteiger charge is -2.02. The van der Waals surface area contributed by atoms with E-state index in [1.165, 1.54) is 13.0 Å². The molecule has 0 atom stereocenters. The Morgan fingerprint density at radius 3 is 2.62 bits per heavy atom. The van der Waals surface area contributed by atoms with Crippen molar-refractivity contribution in [3.63, 3.8) is 0 Å². The summed E-state index contributed by atoms with van der Waals surface area (Å²) in [4.78, 5) is 21.7. The number of ketones is 1. The number of aldehydes is 1. The van der Waals surface area contributed by atoms with Crippen LogP contribution in [0.2, 0.25) is 5.02 Å². The summed E-state index contributed by atoms with van der Waals surface area (Å²) in [5, 5.41) is 0.497. The van der Waals surface area contributed by atoms with Crippen molar-refractivity contribution in [2.24, 2.45) is 0 Å². The third-order valence-electron chi connectivity index (χ3n) is 1.60. The Balaban J connectivity index is 3.41. The third kappa shape index (κ3) is 2.28. The van der Waals surface area contributed by atoms with Crippen LogP contribution in [0.1, 0.15) is 27.6 Å². The van der Waals surface area contributed by atoms with Crippen LogP contribution in [-0.4, -0.2) is 12.1 Å². The van der Waals surface area contributed by atoms with E-state index in [9.17, 15) is 9.59 Å². The van der Waals surface area contributed by atoms with Gasteiger partial charge in [-0.25, -0.2) is 0 Å². The van der Waals surface area contributed by atoms with Crippen LogP contribution in [0.25, 0.3) is 0 Å². The van der Waals surface area contributed by atoms with Crippen molar-refractivity contribution in [2.75, 3.05) is 0 Å². The van der Waals surface area contributed by atoms with Crippen molar-refractivity contribution < 1.29 is 9.59 Å². The van der Waals surface area contributed by atoms with Crippen LogP contribution in [0.5, 0.6) is 0 Å². The molecule has 0 radical (unpaired) electrons. The fraction of sp³-hybridized carbons (Fsp3) is 0.111. The highest BCUT2D eigenvalue weighted by Gasteiger charge is 2.09. The van der Waals surface area contributed by atoms with E-state index in [1.807, 2.05) is 22.6 Å². The van der Waals surface area contributed by atoms with Crippen molar-refractivity contribution in [2.45, 2.75) is 6.92 Å². The van der Waals surface area contributed by atoms with Gasteiger partial charge in [0, 0.05) is 14.7 Å². The zero-order valence-corrected chi connectivity index (χ0v) is 9.72. The molecule has 0 unspecified atom stereocenters. The van der Waals surface area contributed by atoms with E-state index in [1.54, 1.807) is 6.07 Å². The molecule has 2 nitrogen and oxygen atoms in total. The molecular formula is C9H6ClIO2. The summed E-state index contributed by atoms with van der Waals surface area (Å²) in [7, 11) is 0. The van der Waals surface area contributed by atoms with Crippen LogP contribution in [-0.2, 0) is 0 Å². The molecule has 0 aromatic heterocycles. The van der Waals surface area contributed by atoms with Gasteiger partial charge in [0.2, 0.25) is 0 Å². The predicted molar refractivity (Wildman–Crippen MR) is 59.6 cm³/mol. The molecule has 1 aromatic rings. The number of hydrogen-bond donors (Lipinski definition) is 0. The SMILES string of the molecule is CC(=O)c1cc(Cl)c(I)cc1C=O. The average Bonchev–Trinajstić information content (AvgIpc) is 2.08. The van der Waals surface area contributed by atoms with E-state index in [2.05, 4.69) is 0 Å². The molecule has 0 fully saturated rings. The topological polar surface area (TPSA) is 34.1 Å². The zero-order chi connectivity index (χ0) is 10.0. The quantitative estimate of drug-likeness (QED) is 0.478. The van der Waals surface area contributed by atoms with Gasteiger partial charge in [-0.1, -0.05) is 11.6 Å². The number of hydrogen-bond acceptors (Lipinski definition) is 2. The van der Waals surface area contributed by atoms with Gasteiger partial charge in [0.25, 0.3) is 0 Å². The molecule has 0 saturated heterocycles. The second kappa shape index (κ2) is 4.19. The van der Waals surface area contributed by atoms with Gasteiger partial charge in [-0.15, -0.1) is 0 Å². The maximum Gasteiger partial charge on any atom is 0.160 e. The summed E-state index contributed by atoms with van der Waals surface area (Å²) in [6.45, 7) is 1.41. The zero-order valence-electron chi connectivity index (χ0n) is 6.80. The lowest BCUT2D eigenvalue weighted by atomic mass is 10.1. The maximum atomic E-state index is 11.1. The lowest BCUT2D eigenvalue weighted by Crippen LogP contribution is -1.99. The first kappa shape index (κ1) is 10.7. The lowest BCUT2D eigenvalue weighted by molar-refractivity contribution is 0.101. The first-order valence-electron chi connectivity index (χ1n) is 3.51. The predicted octanol–water partition coefficient (Wildman–Crippen LogP) is 2.96. The van der Waals surface area contributed by atoms with Crippen molar-refractivity contribution >= 4 is 46.3 Å². The summed E-state index contributed by atoms with van der Waals surface area (Å²) < 4.78 is 0.770. The fourth-order valence-corrected chi connectivity index (χ4v) is 1.62. The number of carbonyl (C=O) groups is 2. The number of halogens is 2. The fourth-order valence-electron chi connectivity index (χ4n) is 0.965. The molecule has 0 amide bonds. The van der Waals surface area contributed by atoms with Crippen molar-refractivity contribution in [3.05, 3.63) is 31.9 Å². The number of rotatable bonds is 2. The van der Waals surface area contributed by atoms with Crippen LogP contribution in [0.15, 0.2) is 12.1 Å². The molecule has 0 aliphatic rings. The molecule has 0 saturated carbocycles. The van der Waals surface area contributed by atoms with E-state index < -0.39 is 0 Å². The highest BCUT2D eigenvalue weighted by molar-refractivity contribution is 14.1. The van der Waals surface area contributed by atoms with Crippen LogP contribution in [0, 0.1) is 3.57 Å². The highest BCUT2D eigenvalue weighted by atomic mass is 127. The Kier molecular flexibility index (Phi) is 3.44. The number of carbonyl (C=O) groups excluding carboxylic acids is 2. The van der Waals surface area contributed by atoms with E-state index in [-0.39, 0.29) is 5.78 Å².